The molecule has 13 nitrogen and oxygen atoms in total. The van der Waals surface area contributed by atoms with Crippen LogP contribution < -0.4 is 0 Å². The average Bonchev–Trinajstić information content (AvgIpc) is 3.47. The number of carbonyl (C=O) groups is 4. The molecule has 4 rings (SSSR count). The smallest absolute Gasteiger partial charge is 0.329 e. The number of carbonyl (C=O) groups excluding carboxylic acids is 4. The maximum atomic E-state index is 14.2. The molecule has 2 saturated heterocycles. The molecule has 3 fully saturated rings. The van der Waals surface area contributed by atoms with E-state index in [4.69, 9.17) is 18.9 Å². The van der Waals surface area contributed by atoms with Gasteiger partial charge in [-0.3, -0.25) is 14.4 Å². The van der Waals surface area contributed by atoms with Crippen LogP contribution in [0.4, 0.5) is 0 Å². The van der Waals surface area contributed by atoms with Gasteiger partial charge in [-0.15, -0.1) is 0 Å². The van der Waals surface area contributed by atoms with Gasteiger partial charge >= 0.3 is 5.97 Å². The summed E-state index contributed by atoms with van der Waals surface area (Å²) in [4.78, 5) is 56.9. The number of aliphatic hydroxyl groups excluding tert-OH is 3. The van der Waals surface area contributed by atoms with E-state index in [1.165, 1.54) is 7.11 Å². The van der Waals surface area contributed by atoms with E-state index < -0.39 is 83.9 Å². The third-order valence-electron chi connectivity index (χ3n) is 12.6. The van der Waals surface area contributed by atoms with Crippen LogP contribution in [-0.2, 0) is 38.1 Å². The van der Waals surface area contributed by atoms with Crippen molar-refractivity contribution in [2.24, 2.45) is 29.6 Å². The summed E-state index contributed by atoms with van der Waals surface area (Å²) in [5, 5.41) is 45.1. The van der Waals surface area contributed by atoms with Gasteiger partial charge < -0.3 is 44.3 Å². The molecular formula is C42H67NO12. The zero-order valence-corrected chi connectivity index (χ0v) is 34.1. The molecule has 14 atom stereocenters. The Kier molecular flexibility index (Phi) is 16.2. The summed E-state index contributed by atoms with van der Waals surface area (Å²) in [6.45, 7) is 11.1. The molecule has 4 N–H and O–H groups in total. The second-order valence-electron chi connectivity index (χ2n) is 16.9. The van der Waals surface area contributed by atoms with Crippen LogP contribution in [0, 0.1) is 29.6 Å². The minimum absolute atomic E-state index is 0.00613. The predicted octanol–water partition coefficient (Wildman–Crippen LogP) is 3.82. The van der Waals surface area contributed by atoms with Gasteiger partial charge in [-0.05, 0) is 95.5 Å². The number of aliphatic hydroxyl groups is 4. The molecule has 0 aromatic heterocycles. The summed E-state index contributed by atoms with van der Waals surface area (Å²) in [7, 11) is 3.03. The molecule has 0 spiro atoms. The monoisotopic (exact) mass is 777 g/mol. The van der Waals surface area contributed by atoms with E-state index in [0.717, 1.165) is 10.5 Å². The Balaban J connectivity index is 1.73. The first-order chi connectivity index (χ1) is 25.9. The van der Waals surface area contributed by atoms with Crippen LogP contribution in [0.15, 0.2) is 23.3 Å². The summed E-state index contributed by atoms with van der Waals surface area (Å²) in [5.74, 6) is -7.73. The van der Waals surface area contributed by atoms with Gasteiger partial charge in [0.05, 0.1) is 30.5 Å². The number of ketones is 2. The normalized spacial score (nSPS) is 42.1. The molecule has 0 aromatic carbocycles. The summed E-state index contributed by atoms with van der Waals surface area (Å²) in [6.07, 6.45) is 2.46. The molecule has 1 amide bonds. The predicted molar refractivity (Wildman–Crippen MR) is 203 cm³/mol. The number of fused-ring (bicyclic) bond motifs is 3. The lowest BCUT2D eigenvalue weighted by Gasteiger charge is -2.38. The number of amides is 1. The minimum Gasteiger partial charge on any atom is -0.456 e. The highest BCUT2D eigenvalue weighted by Gasteiger charge is 2.57. The van der Waals surface area contributed by atoms with Crippen LogP contribution in [0.3, 0.4) is 0 Å². The highest BCUT2D eigenvalue weighted by molar-refractivity contribution is 6.39. The topological polar surface area (TPSA) is 189 Å². The summed E-state index contributed by atoms with van der Waals surface area (Å²) in [6, 6.07) is -1.15. The lowest BCUT2D eigenvalue weighted by atomic mass is 9.81. The van der Waals surface area contributed by atoms with Gasteiger partial charge in [0.25, 0.3) is 11.7 Å². The van der Waals surface area contributed by atoms with Crippen LogP contribution >= 0.6 is 0 Å². The number of rotatable bonds is 5. The number of hydrogen-bond donors (Lipinski definition) is 4. The first-order valence-electron chi connectivity index (χ1n) is 20.4. The Bertz CT molecular complexity index is 1410. The van der Waals surface area contributed by atoms with E-state index in [-0.39, 0.29) is 49.5 Å². The van der Waals surface area contributed by atoms with E-state index >= 15 is 0 Å². The Hall–Kier alpha value is -2.52. The fraction of sp³-hybridized carbons (Fsp3) is 0.810. The average molecular weight is 778 g/mol. The van der Waals surface area contributed by atoms with Crippen molar-refractivity contribution in [3.8, 4) is 0 Å². The lowest BCUT2D eigenvalue weighted by Crippen LogP contribution is -2.57. The van der Waals surface area contributed by atoms with E-state index in [2.05, 4.69) is 0 Å². The summed E-state index contributed by atoms with van der Waals surface area (Å²) < 4.78 is 23.3. The summed E-state index contributed by atoms with van der Waals surface area (Å²) >= 11 is 0. The zero-order valence-electron chi connectivity index (χ0n) is 34.1. The molecule has 1 saturated carbocycles. The molecule has 312 valence electrons. The first-order valence-corrected chi connectivity index (χ1v) is 20.4. The number of nitrogens with zero attached hydrogens (tertiary/aromatic N) is 1. The SMILES string of the molecule is CC[C@@H]1/C=C(\C)C[C@H](C)C[C@H](OC)[C@H](O)[C@H]2C[C@@H](C)[C@@](O)(O2)C(=O)C(=O)N2CCCC[C@H]2C(=O)O[C@H](/C(C)=C/[C@@H]2CC[C@@H](O)[C@H](OC)C2)[C@H](C)[C@@H](O)CC1=O. The molecule has 0 unspecified atom stereocenters. The van der Waals surface area contributed by atoms with Gasteiger partial charge in [-0.2, -0.15) is 0 Å². The quantitative estimate of drug-likeness (QED) is 0.180. The van der Waals surface area contributed by atoms with E-state index in [0.29, 0.717) is 56.9 Å². The Morgan fingerprint density at radius 3 is 2.29 bits per heavy atom. The molecule has 4 aliphatic rings. The van der Waals surface area contributed by atoms with Gasteiger partial charge in [0, 0.05) is 44.9 Å². The van der Waals surface area contributed by atoms with Crippen LogP contribution in [0.2, 0.25) is 0 Å². The number of cyclic esters (lactones) is 1. The molecule has 55 heavy (non-hydrogen) atoms. The van der Waals surface area contributed by atoms with Gasteiger partial charge in [-0.1, -0.05) is 45.4 Å². The second kappa shape index (κ2) is 19.8. The van der Waals surface area contributed by atoms with Crippen molar-refractivity contribution in [1.82, 2.24) is 4.90 Å². The number of methoxy groups -OCH3 is 2. The number of hydrogen-bond acceptors (Lipinski definition) is 12. The maximum Gasteiger partial charge on any atom is 0.329 e. The number of allylic oxidation sites excluding steroid dienone is 3. The molecule has 0 aromatic rings. The molecule has 3 heterocycles. The maximum absolute atomic E-state index is 14.2. The largest absolute Gasteiger partial charge is 0.456 e. The van der Waals surface area contributed by atoms with E-state index in [9.17, 15) is 39.6 Å². The van der Waals surface area contributed by atoms with Crippen LogP contribution in [0.5, 0.6) is 0 Å². The van der Waals surface area contributed by atoms with Crippen molar-refractivity contribution in [3.05, 3.63) is 23.3 Å². The number of Topliss-reactive ketones (excluding diaryl/α,β-unsaturated/α-hetero) is 2. The number of esters is 1. The molecule has 0 radical (unpaired) electrons. The van der Waals surface area contributed by atoms with Gasteiger partial charge in [0.1, 0.15) is 24.0 Å². The molecule has 13 heteroatoms. The molecule has 2 bridgehead atoms. The van der Waals surface area contributed by atoms with Crippen LogP contribution in [-0.4, -0.2) is 124 Å². The van der Waals surface area contributed by atoms with Gasteiger partial charge in [-0.25, -0.2) is 4.79 Å². The second-order valence-corrected chi connectivity index (χ2v) is 16.9. The van der Waals surface area contributed by atoms with Crippen LogP contribution in [0.1, 0.15) is 112 Å². The van der Waals surface area contributed by atoms with Crippen molar-refractivity contribution in [3.63, 3.8) is 0 Å². The fourth-order valence-electron chi connectivity index (χ4n) is 9.17. The van der Waals surface area contributed by atoms with Gasteiger partial charge in [0.2, 0.25) is 5.79 Å². The number of piperidine rings is 1. The number of ether oxygens (including phenoxy) is 4. The highest BCUT2D eigenvalue weighted by Crippen LogP contribution is 2.39. The van der Waals surface area contributed by atoms with Crippen molar-refractivity contribution >= 4 is 23.4 Å². The van der Waals surface area contributed by atoms with E-state index in [1.54, 1.807) is 21.0 Å². The first kappa shape index (κ1) is 45.2. The third kappa shape index (κ3) is 10.7. The minimum atomic E-state index is -2.52. The molecule has 3 aliphatic heterocycles. The Morgan fingerprint density at radius 1 is 0.945 bits per heavy atom. The van der Waals surface area contributed by atoms with Crippen molar-refractivity contribution in [2.75, 3.05) is 20.8 Å². The van der Waals surface area contributed by atoms with Crippen molar-refractivity contribution in [1.29, 1.82) is 0 Å². The molecule has 1 aliphatic carbocycles. The standard InChI is InChI=1S/C42H67NO12/c1-9-29-17-23(2)16-24(3)18-35(53-8)37(47)36-20-26(5)42(51,55-36)39(48)40(49)43-15-11-10-12-30(43)41(50)54-38(27(6)32(45)22-33(29)46)25(4)19-28-13-14-31(44)34(21-28)52-7/h17,19,24,26-32,34-38,44-45,47,51H,9-16,18,20-22H2,1-8H3/b23-17+,25-19+/t24-,26+,27+,28-,29+,30-,31+,32-,34+,35-,36+,37-,38+,42+/m0/s1. The van der Waals surface area contributed by atoms with Crippen LogP contribution in [0.25, 0.3) is 0 Å². The fourth-order valence-corrected chi connectivity index (χ4v) is 9.17. The van der Waals surface area contributed by atoms with Gasteiger partial charge in [0.15, 0.2) is 0 Å². The third-order valence-corrected chi connectivity index (χ3v) is 12.6. The summed E-state index contributed by atoms with van der Waals surface area (Å²) in [5.41, 5.74) is 1.63. The molecular weight excluding hydrogens is 710 g/mol. The highest BCUT2D eigenvalue weighted by atomic mass is 16.7. The zero-order chi connectivity index (χ0) is 40.8. The van der Waals surface area contributed by atoms with Crippen molar-refractivity contribution < 1.29 is 58.6 Å². The Labute approximate surface area is 326 Å². The Morgan fingerprint density at radius 2 is 1.64 bits per heavy atom. The van der Waals surface area contributed by atoms with E-state index in [1.807, 2.05) is 39.8 Å². The lowest BCUT2D eigenvalue weighted by molar-refractivity contribution is -0.225. The van der Waals surface area contributed by atoms with Crippen molar-refractivity contribution in [2.45, 2.75) is 167 Å².